The highest BCUT2D eigenvalue weighted by Crippen LogP contribution is 2.19. The predicted octanol–water partition coefficient (Wildman–Crippen LogP) is 3.51. The van der Waals surface area contributed by atoms with E-state index in [-0.39, 0.29) is 11.4 Å². The van der Waals surface area contributed by atoms with Crippen molar-refractivity contribution in [2.45, 2.75) is 6.42 Å². The van der Waals surface area contributed by atoms with Crippen molar-refractivity contribution in [3.63, 3.8) is 0 Å². The Morgan fingerprint density at radius 3 is 2.75 bits per heavy atom. The van der Waals surface area contributed by atoms with Crippen molar-refractivity contribution in [1.82, 2.24) is 9.97 Å². The van der Waals surface area contributed by atoms with Gasteiger partial charge in [-0.15, -0.1) is 0 Å². The zero-order valence-electron chi connectivity index (χ0n) is 8.12. The van der Waals surface area contributed by atoms with Gasteiger partial charge in [0.25, 0.3) is 0 Å². The molecule has 0 saturated carbocycles. The maximum atomic E-state index is 13.6. The van der Waals surface area contributed by atoms with E-state index in [9.17, 15) is 4.39 Å². The fraction of sp³-hybridized carbons (Fsp3) is 0.0909. The van der Waals surface area contributed by atoms with Crippen LogP contribution in [0.25, 0.3) is 0 Å². The van der Waals surface area contributed by atoms with Crippen LogP contribution in [0.4, 0.5) is 4.39 Å². The van der Waals surface area contributed by atoms with Crippen molar-refractivity contribution in [3.8, 4) is 0 Å². The summed E-state index contributed by atoms with van der Waals surface area (Å²) in [6, 6.07) is 6.40. The molecule has 0 N–H and O–H groups in total. The lowest BCUT2D eigenvalue weighted by Crippen LogP contribution is -1.98. The minimum absolute atomic E-state index is 0.0968. The summed E-state index contributed by atoms with van der Waals surface area (Å²) in [6.07, 6.45) is 1.81. The Hall–Kier alpha value is -1.19. The van der Waals surface area contributed by atoms with Crippen LogP contribution in [-0.4, -0.2) is 9.97 Å². The maximum Gasteiger partial charge on any atom is 0.145 e. The topological polar surface area (TPSA) is 25.8 Å². The fourth-order valence-corrected chi connectivity index (χ4v) is 1.66. The smallest absolute Gasteiger partial charge is 0.145 e. The van der Waals surface area contributed by atoms with Crippen LogP contribution in [0.3, 0.4) is 0 Å². The van der Waals surface area contributed by atoms with Gasteiger partial charge in [0.1, 0.15) is 16.8 Å². The lowest BCUT2D eigenvalue weighted by Gasteiger charge is -2.03. The number of hydrogen-bond donors (Lipinski definition) is 0. The molecule has 0 radical (unpaired) electrons. The SMILES string of the molecule is Fc1c(Cl)cccc1Cc1nccc(Cl)n1. The zero-order chi connectivity index (χ0) is 11.5. The van der Waals surface area contributed by atoms with Crippen molar-refractivity contribution < 1.29 is 4.39 Å². The van der Waals surface area contributed by atoms with Gasteiger partial charge >= 0.3 is 0 Å². The van der Waals surface area contributed by atoms with Crippen molar-refractivity contribution in [2.75, 3.05) is 0 Å². The lowest BCUT2D eigenvalue weighted by molar-refractivity contribution is 0.612. The van der Waals surface area contributed by atoms with E-state index in [1.165, 1.54) is 12.3 Å². The van der Waals surface area contributed by atoms with Gasteiger partial charge in [-0.05, 0) is 17.7 Å². The summed E-state index contributed by atoms with van der Waals surface area (Å²) in [5.74, 6) is 0.0291. The first-order chi connectivity index (χ1) is 7.66. The Kier molecular flexibility index (Phi) is 3.36. The van der Waals surface area contributed by atoms with E-state index in [1.54, 1.807) is 18.2 Å². The molecule has 2 aromatic rings. The van der Waals surface area contributed by atoms with Crippen LogP contribution in [0, 0.1) is 5.82 Å². The van der Waals surface area contributed by atoms with E-state index >= 15 is 0 Å². The summed E-state index contributed by atoms with van der Waals surface area (Å²) in [5.41, 5.74) is 0.453. The van der Waals surface area contributed by atoms with Gasteiger partial charge < -0.3 is 0 Å². The van der Waals surface area contributed by atoms with Crippen molar-refractivity contribution in [2.24, 2.45) is 0 Å². The summed E-state index contributed by atoms with van der Waals surface area (Å²) in [6.45, 7) is 0. The third-order valence-corrected chi connectivity index (χ3v) is 2.55. The van der Waals surface area contributed by atoms with Crippen molar-refractivity contribution >= 4 is 23.2 Å². The zero-order valence-corrected chi connectivity index (χ0v) is 9.63. The van der Waals surface area contributed by atoms with Crippen LogP contribution in [-0.2, 0) is 6.42 Å². The molecule has 1 aromatic heterocycles. The molecule has 2 rings (SSSR count). The molecule has 0 atom stereocenters. The van der Waals surface area contributed by atoms with Crippen LogP contribution in [0.2, 0.25) is 10.2 Å². The van der Waals surface area contributed by atoms with Crippen LogP contribution in [0.5, 0.6) is 0 Å². The first kappa shape index (κ1) is 11.3. The standard InChI is InChI=1S/C11H7Cl2FN2/c12-8-3-1-2-7(11(8)14)6-10-15-5-4-9(13)16-10/h1-5H,6H2. The molecule has 0 aliphatic rings. The van der Waals surface area contributed by atoms with Gasteiger partial charge in [0.2, 0.25) is 0 Å². The summed E-state index contributed by atoms with van der Waals surface area (Å²) in [7, 11) is 0. The van der Waals surface area contributed by atoms with Gasteiger partial charge in [-0.2, -0.15) is 0 Å². The average Bonchev–Trinajstić information content (AvgIpc) is 2.25. The Morgan fingerprint density at radius 2 is 2.00 bits per heavy atom. The summed E-state index contributed by atoms with van der Waals surface area (Å²) < 4.78 is 13.6. The number of nitrogens with zero attached hydrogens (tertiary/aromatic N) is 2. The third kappa shape index (κ3) is 2.49. The largest absolute Gasteiger partial charge is 0.241 e. The molecule has 0 bridgehead atoms. The minimum Gasteiger partial charge on any atom is -0.241 e. The Morgan fingerprint density at radius 1 is 1.19 bits per heavy atom. The van der Waals surface area contributed by atoms with Crippen LogP contribution >= 0.6 is 23.2 Å². The molecule has 1 aromatic carbocycles. The summed E-state index contributed by atoms with van der Waals surface area (Å²) in [5, 5.41) is 0.437. The van der Waals surface area contributed by atoms with E-state index in [2.05, 4.69) is 9.97 Å². The Bertz CT molecular complexity index is 517. The van der Waals surface area contributed by atoms with Gasteiger partial charge in [-0.1, -0.05) is 35.3 Å². The van der Waals surface area contributed by atoms with Gasteiger partial charge in [0.05, 0.1) is 5.02 Å². The molecular formula is C11H7Cl2FN2. The van der Waals surface area contributed by atoms with Crippen molar-refractivity contribution in [3.05, 3.63) is 57.8 Å². The first-order valence-corrected chi connectivity index (χ1v) is 5.33. The van der Waals surface area contributed by atoms with Gasteiger partial charge in [0.15, 0.2) is 0 Å². The van der Waals surface area contributed by atoms with E-state index < -0.39 is 5.82 Å². The number of halogens is 3. The second-order valence-corrected chi connectivity index (χ2v) is 3.98. The molecule has 82 valence electrons. The number of rotatable bonds is 2. The average molecular weight is 257 g/mol. The van der Waals surface area contributed by atoms with Crippen molar-refractivity contribution in [1.29, 1.82) is 0 Å². The van der Waals surface area contributed by atoms with E-state index in [1.807, 2.05) is 0 Å². The normalized spacial score (nSPS) is 10.4. The molecule has 0 aliphatic heterocycles. The second kappa shape index (κ2) is 4.76. The minimum atomic E-state index is -0.437. The van der Waals surface area contributed by atoms with Crippen LogP contribution in [0.15, 0.2) is 30.5 Å². The van der Waals surface area contributed by atoms with Gasteiger partial charge in [0, 0.05) is 12.6 Å². The molecule has 5 heteroatoms. The van der Waals surface area contributed by atoms with Crippen LogP contribution in [0.1, 0.15) is 11.4 Å². The van der Waals surface area contributed by atoms with Gasteiger partial charge in [-0.25, -0.2) is 14.4 Å². The monoisotopic (exact) mass is 256 g/mol. The molecule has 2 nitrogen and oxygen atoms in total. The Labute approximate surface area is 102 Å². The molecule has 0 spiro atoms. The number of benzene rings is 1. The first-order valence-electron chi connectivity index (χ1n) is 4.57. The third-order valence-electron chi connectivity index (χ3n) is 2.05. The summed E-state index contributed by atoms with van der Waals surface area (Å²) in [4.78, 5) is 7.98. The highest BCUT2D eigenvalue weighted by molar-refractivity contribution is 6.30. The number of hydrogen-bond acceptors (Lipinski definition) is 2. The highest BCUT2D eigenvalue weighted by atomic mass is 35.5. The molecule has 0 unspecified atom stereocenters. The molecule has 16 heavy (non-hydrogen) atoms. The van der Waals surface area contributed by atoms with E-state index in [4.69, 9.17) is 23.2 Å². The number of aromatic nitrogens is 2. The molecule has 1 heterocycles. The summed E-state index contributed by atoms with van der Waals surface area (Å²) >= 11 is 11.4. The molecular weight excluding hydrogens is 250 g/mol. The molecule has 0 fully saturated rings. The van der Waals surface area contributed by atoms with E-state index in [0.717, 1.165) is 0 Å². The molecule has 0 saturated heterocycles. The maximum absolute atomic E-state index is 13.6. The molecule has 0 aliphatic carbocycles. The second-order valence-electron chi connectivity index (χ2n) is 3.19. The lowest BCUT2D eigenvalue weighted by atomic mass is 10.1. The van der Waals surface area contributed by atoms with E-state index in [0.29, 0.717) is 16.5 Å². The van der Waals surface area contributed by atoms with Gasteiger partial charge in [-0.3, -0.25) is 0 Å². The fourth-order valence-electron chi connectivity index (χ4n) is 1.31. The molecule has 0 amide bonds. The Balaban J connectivity index is 2.31. The quantitative estimate of drug-likeness (QED) is 0.769. The predicted molar refractivity (Wildman–Crippen MR) is 61.3 cm³/mol. The highest BCUT2D eigenvalue weighted by Gasteiger charge is 2.08. The van der Waals surface area contributed by atoms with Crippen LogP contribution < -0.4 is 0 Å².